The molecule has 1 aliphatic heterocycles. The van der Waals surface area contributed by atoms with Crippen molar-refractivity contribution in [1.82, 2.24) is 20.4 Å². The number of rotatable bonds is 8. The zero-order chi connectivity index (χ0) is 25.1. The number of benzene rings is 2. The maximum Gasteiger partial charge on any atom is 0.258 e. The molecule has 8 nitrogen and oxygen atoms in total. The highest BCUT2D eigenvalue weighted by Gasteiger charge is 2.34. The van der Waals surface area contributed by atoms with Crippen LogP contribution in [0.15, 0.2) is 46.6 Å². The summed E-state index contributed by atoms with van der Waals surface area (Å²) in [6.07, 6.45) is 1.95. The predicted molar refractivity (Wildman–Crippen MR) is 134 cm³/mol. The summed E-state index contributed by atoms with van der Waals surface area (Å²) >= 11 is 5.67. The van der Waals surface area contributed by atoms with Crippen LogP contribution in [0.5, 0.6) is 17.2 Å². The third-order valence-corrected chi connectivity index (χ3v) is 6.27. The Morgan fingerprint density at radius 2 is 1.91 bits per heavy atom. The van der Waals surface area contributed by atoms with Crippen LogP contribution in [-0.2, 0) is 0 Å². The molecule has 2 heterocycles. The van der Waals surface area contributed by atoms with Gasteiger partial charge in [-0.1, -0.05) is 24.6 Å². The molecule has 1 aromatic heterocycles. The van der Waals surface area contributed by atoms with Crippen molar-refractivity contribution in [3.8, 4) is 28.6 Å². The molecule has 1 atom stereocenters. The van der Waals surface area contributed by atoms with Gasteiger partial charge in [0.15, 0.2) is 28.2 Å². The minimum Gasteiger partial charge on any atom is -0.504 e. The number of aromatic nitrogens is 2. The van der Waals surface area contributed by atoms with Gasteiger partial charge in [-0.25, -0.2) is 4.39 Å². The molecule has 2 aromatic carbocycles. The van der Waals surface area contributed by atoms with Gasteiger partial charge in [-0.3, -0.25) is 0 Å². The van der Waals surface area contributed by atoms with E-state index in [1.807, 2.05) is 17.9 Å². The molecule has 0 saturated carbocycles. The fraction of sp³-hybridized carbons (Fsp3) is 0.320. The Hall–Kier alpha value is -3.66. The van der Waals surface area contributed by atoms with E-state index in [1.165, 1.54) is 26.4 Å². The molecular weight excluding hydrogens is 471 g/mol. The third-order valence-electron chi connectivity index (χ3n) is 5.93. The van der Waals surface area contributed by atoms with Crippen molar-refractivity contribution in [2.45, 2.75) is 32.7 Å². The van der Waals surface area contributed by atoms with E-state index < -0.39 is 11.9 Å². The summed E-state index contributed by atoms with van der Waals surface area (Å²) in [5.74, 6) is 0.487. The second kappa shape index (κ2) is 10.3. The topological polar surface area (TPSA) is 92.9 Å². The molecule has 1 unspecified atom stereocenters. The van der Waals surface area contributed by atoms with Gasteiger partial charge in [0.1, 0.15) is 0 Å². The largest absolute Gasteiger partial charge is 0.504 e. The van der Waals surface area contributed by atoms with Gasteiger partial charge >= 0.3 is 0 Å². The molecular formula is C25H27FN4O4S. The number of hydrogen-bond acceptors (Lipinski definition) is 7. The quantitative estimate of drug-likeness (QED) is 0.413. The summed E-state index contributed by atoms with van der Waals surface area (Å²) in [6.45, 7) is 4.79. The standard InChI is InChI=1S/C25H27FN4O4S/c1-5-6-11-30-14(2)21(22(27-25(30)35)15-7-10-20(33-4)18(31)13-15)24-28-23(29-34-24)16-8-9-19(32-3)17(26)12-16/h7-10,12-13,22,31H,5-6,11H2,1-4H3,(H,27,35). The van der Waals surface area contributed by atoms with Crippen LogP contribution in [0.1, 0.15) is 44.2 Å². The van der Waals surface area contributed by atoms with E-state index in [0.29, 0.717) is 22.0 Å². The lowest BCUT2D eigenvalue weighted by Crippen LogP contribution is -2.46. The Morgan fingerprint density at radius 3 is 2.57 bits per heavy atom. The molecule has 35 heavy (non-hydrogen) atoms. The van der Waals surface area contributed by atoms with Gasteiger partial charge in [0.05, 0.1) is 25.8 Å². The number of phenolic OH excluding ortho intramolecular Hbond substituents is 1. The lowest BCUT2D eigenvalue weighted by molar-refractivity contribution is 0.372. The maximum absolute atomic E-state index is 14.3. The molecule has 0 amide bonds. The number of ether oxygens (including phenoxy) is 2. The zero-order valence-corrected chi connectivity index (χ0v) is 20.8. The number of halogens is 1. The van der Waals surface area contributed by atoms with Crippen LogP contribution in [0.3, 0.4) is 0 Å². The summed E-state index contributed by atoms with van der Waals surface area (Å²) in [7, 11) is 2.90. The molecule has 0 aliphatic carbocycles. The van der Waals surface area contributed by atoms with Gasteiger partial charge in [-0.15, -0.1) is 0 Å². The molecule has 0 saturated heterocycles. The molecule has 0 fully saturated rings. The number of phenols is 1. The Labute approximate surface area is 208 Å². The number of allylic oxidation sites excluding steroid dienone is 1. The number of nitrogens with zero attached hydrogens (tertiary/aromatic N) is 3. The van der Waals surface area contributed by atoms with E-state index >= 15 is 0 Å². The van der Waals surface area contributed by atoms with Crippen LogP contribution in [-0.4, -0.2) is 46.0 Å². The Kier molecular flexibility index (Phi) is 7.20. The molecule has 184 valence electrons. The maximum atomic E-state index is 14.3. The van der Waals surface area contributed by atoms with E-state index in [0.717, 1.165) is 30.6 Å². The van der Waals surface area contributed by atoms with E-state index in [1.54, 1.807) is 18.2 Å². The van der Waals surface area contributed by atoms with Crippen LogP contribution in [0.2, 0.25) is 0 Å². The molecule has 1 aliphatic rings. The zero-order valence-electron chi connectivity index (χ0n) is 20.0. The average Bonchev–Trinajstić information content (AvgIpc) is 3.33. The van der Waals surface area contributed by atoms with E-state index in [-0.39, 0.29) is 23.2 Å². The summed E-state index contributed by atoms with van der Waals surface area (Å²) in [5.41, 5.74) is 2.77. The minimum absolute atomic E-state index is 0.00283. The summed E-state index contributed by atoms with van der Waals surface area (Å²) in [6, 6.07) is 9.16. The summed E-state index contributed by atoms with van der Waals surface area (Å²) < 4.78 is 30.1. The molecule has 0 spiro atoms. The highest BCUT2D eigenvalue weighted by molar-refractivity contribution is 7.80. The lowest BCUT2D eigenvalue weighted by atomic mass is 9.94. The molecule has 3 aromatic rings. The van der Waals surface area contributed by atoms with Crippen LogP contribution in [0.4, 0.5) is 4.39 Å². The second-order valence-electron chi connectivity index (χ2n) is 8.09. The van der Waals surface area contributed by atoms with Gasteiger partial charge in [0.2, 0.25) is 5.82 Å². The molecule has 2 N–H and O–H groups in total. The minimum atomic E-state index is -0.520. The smallest absolute Gasteiger partial charge is 0.258 e. The number of methoxy groups -OCH3 is 2. The first-order valence-corrected chi connectivity index (χ1v) is 11.6. The van der Waals surface area contributed by atoms with E-state index in [2.05, 4.69) is 22.4 Å². The highest BCUT2D eigenvalue weighted by Crippen LogP contribution is 2.40. The summed E-state index contributed by atoms with van der Waals surface area (Å²) in [4.78, 5) is 6.59. The number of aromatic hydroxyl groups is 1. The normalized spacial score (nSPS) is 15.9. The predicted octanol–water partition coefficient (Wildman–Crippen LogP) is 5.06. The fourth-order valence-electron chi connectivity index (χ4n) is 4.04. The molecule has 10 heteroatoms. The van der Waals surface area contributed by atoms with Gasteiger partial charge in [-0.05, 0) is 61.5 Å². The number of nitrogens with one attached hydrogen (secondary N) is 1. The Balaban J connectivity index is 1.80. The molecule has 4 rings (SSSR count). The van der Waals surface area contributed by atoms with Gasteiger partial charge in [-0.2, -0.15) is 4.98 Å². The Bertz CT molecular complexity index is 1280. The van der Waals surface area contributed by atoms with Crippen molar-refractivity contribution in [1.29, 1.82) is 0 Å². The molecule has 0 bridgehead atoms. The van der Waals surface area contributed by atoms with Crippen LogP contribution in [0.25, 0.3) is 17.0 Å². The van der Waals surface area contributed by atoms with Gasteiger partial charge in [0, 0.05) is 17.8 Å². The number of hydrogen-bond donors (Lipinski definition) is 2. The summed E-state index contributed by atoms with van der Waals surface area (Å²) in [5, 5.41) is 18.4. The molecule has 0 radical (unpaired) electrons. The van der Waals surface area contributed by atoms with Crippen LogP contribution in [0, 0.1) is 5.82 Å². The highest BCUT2D eigenvalue weighted by atomic mass is 32.1. The van der Waals surface area contributed by atoms with Crippen molar-refractivity contribution < 1.29 is 23.5 Å². The average molecular weight is 499 g/mol. The monoisotopic (exact) mass is 498 g/mol. The Morgan fingerprint density at radius 1 is 1.17 bits per heavy atom. The SMILES string of the molecule is CCCCN1C(=S)NC(c2ccc(OC)c(O)c2)C(c2nc(-c3ccc(OC)c(F)c3)no2)=C1C. The van der Waals surface area contributed by atoms with E-state index in [4.69, 9.17) is 26.2 Å². The van der Waals surface area contributed by atoms with Crippen molar-refractivity contribution >= 4 is 22.9 Å². The van der Waals surface area contributed by atoms with Crippen molar-refractivity contribution in [2.75, 3.05) is 20.8 Å². The fourth-order valence-corrected chi connectivity index (χ4v) is 4.38. The van der Waals surface area contributed by atoms with E-state index in [9.17, 15) is 9.50 Å². The second-order valence-corrected chi connectivity index (χ2v) is 8.48. The first-order valence-electron chi connectivity index (χ1n) is 11.2. The van der Waals surface area contributed by atoms with Crippen molar-refractivity contribution in [2.24, 2.45) is 0 Å². The van der Waals surface area contributed by atoms with Crippen LogP contribution >= 0.6 is 12.2 Å². The first kappa shape index (κ1) is 24.5. The third kappa shape index (κ3) is 4.79. The van der Waals surface area contributed by atoms with Gasteiger partial charge in [0.25, 0.3) is 5.89 Å². The van der Waals surface area contributed by atoms with Crippen LogP contribution < -0.4 is 14.8 Å². The number of unbranched alkanes of at least 4 members (excludes halogenated alkanes) is 1. The van der Waals surface area contributed by atoms with Crippen molar-refractivity contribution in [3.05, 3.63) is 59.4 Å². The van der Waals surface area contributed by atoms with Crippen molar-refractivity contribution in [3.63, 3.8) is 0 Å². The number of thiocarbonyl (C=S) groups is 1. The van der Waals surface area contributed by atoms with Gasteiger partial charge < -0.3 is 29.3 Å². The lowest BCUT2D eigenvalue weighted by Gasteiger charge is -2.37. The first-order chi connectivity index (χ1) is 16.9.